The van der Waals surface area contributed by atoms with Gasteiger partial charge in [-0.25, -0.2) is 0 Å². The Bertz CT molecular complexity index is 698. The summed E-state index contributed by atoms with van der Waals surface area (Å²) in [6.07, 6.45) is 3.96. The standard InChI is InChI=1S/C15H15BrN2O2/c16-11-7-5-10(6-8-11)13(19)9-18-12-3-1-2-4-14(12)20-15(18)17/h5-8,17H,1-4,9H2. The molecule has 0 spiro atoms. The minimum Gasteiger partial charge on any atom is -0.429 e. The first kappa shape index (κ1) is 13.4. The van der Waals surface area contributed by atoms with E-state index in [0.29, 0.717) is 5.56 Å². The van der Waals surface area contributed by atoms with Crippen molar-refractivity contribution in [3.05, 3.63) is 51.4 Å². The molecule has 0 atom stereocenters. The third-order valence-corrected chi connectivity index (χ3v) is 4.18. The summed E-state index contributed by atoms with van der Waals surface area (Å²) in [5.74, 6) is 0.884. The molecule has 2 aromatic rings. The third kappa shape index (κ3) is 2.50. The van der Waals surface area contributed by atoms with Gasteiger partial charge in [0, 0.05) is 16.5 Å². The zero-order valence-electron chi connectivity index (χ0n) is 11.0. The Kier molecular flexibility index (Phi) is 3.61. The Balaban J connectivity index is 1.88. The van der Waals surface area contributed by atoms with Gasteiger partial charge in [0.15, 0.2) is 5.78 Å². The van der Waals surface area contributed by atoms with Crippen molar-refractivity contribution in [3.8, 4) is 0 Å². The quantitative estimate of drug-likeness (QED) is 0.877. The molecule has 1 aromatic carbocycles. The number of oxazole rings is 1. The van der Waals surface area contributed by atoms with Crippen molar-refractivity contribution < 1.29 is 9.21 Å². The van der Waals surface area contributed by atoms with Crippen LogP contribution in [-0.4, -0.2) is 10.4 Å². The molecule has 0 fully saturated rings. The highest BCUT2D eigenvalue weighted by Crippen LogP contribution is 2.20. The minimum atomic E-state index is 0.00479. The maximum Gasteiger partial charge on any atom is 0.294 e. The van der Waals surface area contributed by atoms with E-state index in [1.54, 1.807) is 16.7 Å². The van der Waals surface area contributed by atoms with Crippen LogP contribution >= 0.6 is 15.9 Å². The largest absolute Gasteiger partial charge is 0.429 e. The van der Waals surface area contributed by atoms with E-state index >= 15 is 0 Å². The molecule has 0 radical (unpaired) electrons. The van der Waals surface area contributed by atoms with Crippen LogP contribution in [0.1, 0.15) is 34.7 Å². The Morgan fingerprint density at radius 2 is 1.95 bits per heavy atom. The number of aromatic nitrogens is 1. The summed E-state index contributed by atoms with van der Waals surface area (Å²) >= 11 is 3.35. The molecule has 4 nitrogen and oxygen atoms in total. The molecule has 0 unspecified atom stereocenters. The number of nitrogens with zero attached hydrogens (tertiary/aromatic N) is 1. The highest BCUT2D eigenvalue weighted by Gasteiger charge is 2.20. The maximum atomic E-state index is 12.3. The van der Waals surface area contributed by atoms with Crippen molar-refractivity contribution in [2.45, 2.75) is 32.2 Å². The molecule has 0 aliphatic heterocycles. The first-order chi connectivity index (χ1) is 9.65. The number of hydrogen-bond donors (Lipinski definition) is 1. The molecule has 0 bridgehead atoms. The highest BCUT2D eigenvalue weighted by atomic mass is 79.9. The van der Waals surface area contributed by atoms with E-state index in [1.807, 2.05) is 12.1 Å². The molecule has 20 heavy (non-hydrogen) atoms. The molecule has 1 aliphatic rings. The lowest BCUT2D eigenvalue weighted by molar-refractivity contribution is 0.0967. The normalized spacial score (nSPS) is 14.1. The second kappa shape index (κ2) is 5.40. The number of rotatable bonds is 3. The van der Waals surface area contributed by atoms with Crippen LogP contribution in [0.4, 0.5) is 0 Å². The number of Topliss-reactive ketones (excluding diaryl/α,β-unsaturated/α-hetero) is 1. The van der Waals surface area contributed by atoms with Crippen molar-refractivity contribution in [1.29, 1.82) is 5.41 Å². The third-order valence-electron chi connectivity index (χ3n) is 3.65. The summed E-state index contributed by atoms with van der Waals surface area (Å²) in [7, 11) is 0. The van der Waals surface area contributed by atoms with Crippen LogP contribution in [0, 0.1) is 5.41 Å². The van der Waals surface area contributed by atoms with E-state index < -0.39 is 0 Å². The summed E-state index contributed by atoms with van der Waals surface area (Å²) in [5.41, 5.74) is 1.76. The number of nitrogens with one attached hydrogen (secondary N) is 1. The van der Waals surface area contributed by atoms with Crippen LogP contribution in [0.3, 0.4) is 0 Å². The van der Waals surface area contributed by atoms with Gasteiger partial charge < -0.3 is 4.42 Å². The summed E-state index contributed by atoms with van der Waals surface area (Å²) < 4.78 is 8.12. The lowest BCUT2D eigenvalue weighted by Gasteiger charge is -2.12. The number of carbonyl (C=O) groups is 1. The second-order valence-corrected chi connectivity index (χ2v) is 5.92. The van der Waals surface area contributed by atoms with E-state index in [9.17, 15) is 4.79 Å². The second-order valence-electron chi connectivity index (χ2n) is 5.00. The predicted octanol–water partition coefficient (Wildman–Crippen LogP) is 3.08. The molecule has 0 amide bonds. The maximum absolute atomic E-state index is 12.3. The SMILES string of the molecule is N=c1oc2c(n1CC(=O)c1ccc(Br)cc1)CCCC2. The van der Waals surface area contributed by atoms with Crippen LogP contribution in [0.25, 0.3) is 0 Å². The molecular formula is C15H15BrN2O2. The van der Waals surface area contributed by atoms with Gasteiger partial charge in [-0.1, -0.05) is 28.1 Å². The predicted molar refractivity (Wildman–Crippen MR) is 77.7 cm³/mol. The van der Waals surface area contributed by atoms with Crippen molar-refractivity contribution in [3.63, 3.8) is 0 Å². The van der Waals surface area contributed by atoms with Gasteiger partial charge in [0.25, 0.3) is 5.68 Å². The number of fused-ring (bicyclic) bond motifs is 1. The van der Waals surface area contributed by atoms with Crippen molar-refractivity contribution >= 4 is 21.7 Å². The van der Waals surface area contributed by atoms with Gasteiger partial charge in [0.2, 0.25) is 0 Å². The average molecular weight is 335 g/mol. The van der Waals surface area contributed by atoms with Crippen molar-refractivity contribution in [2.24, 2.45) is 0 Å². The summed E-state index contributed by atoms with van der Waals surface area (Å²) in [6, 6.07) is 7.29. The number of aryl methyl sites for hydroxylation is 1. The van der Waals surface area contributed by atoms with Gasteiger partial charge in [-0.2, -0.15) is 0 Å². The molecule has 3 rings (SSSR count). The Morgan fingerprint density at radius 1 is 1.25 bits per heavy atom. The molecule has 1 heterocycles. The van der Waals surface area contributed by atoms with Crippen molar-refractivity contribution in [1.82, 2.24) is 4.57 Å². The van der Waals surface area contributed by atoms with Crippen LogP contribution in [0.5, 0.6) is 0 Å². The van der Waals surface area contributed by atoms with Gasteiger partial charge in [-0.05, 0) is 31.4 Å². The van der Waals surface area contributed by atoms with Crippen LogP contribution in [-0.2, 0) is 19.4 Å². The molecule has 0 saturated carbocycles. The fourth-order valence-corrected chi connectivity index (χ4v) is 2.85. The smallest absolute Gasteiger partial charge is 0.294 e. The number of benzene rings is 1. The van der Waals surface area contributed by atoms with Crippen LogP contribution < -0.4 is 5.68 Å². The van der Waals surface area contributed by atoms with E-state index in [1.165, 1.54) is 0 Å². The minimum absolute atomic E-state index is 0.00479. The lowest BCUT2D eigenvalue weighted by Crippen LogP contribution is -2.23. The Hall–Kier alpha value is -1.62. The number of hydrogen-bond acceptors (Lipinski definition) is 3. The molecule has 0 saturated heterocycles. The zero-order chi connectivity index (χ0) is 14.1. The summed E-state index contributed by atoms with van der Waals surface area (Å²) in [4.78, 5) is 12.3. The van der Waals surface area contributed by atoms with E-state index in [2.05, 4.69) is 15.9 Å². The molecule has 1 aromatic heterocycles. The van der Waals surface area contributed by atoms with Crippen LogP contribution in [0.2, 0.25) is 0 Å². The lowest BCUT2D eigenvalue weighted by atomic mass is 10.0. The van der Waals surface area contributed by atoms with Crippen molar-refractivity contribution in [2.75, 3.05) is 0 Å². The fraction of sp³-hybridized carbons (Fsp3) is 0.333. The summed E-state index contributed by atoms with van der Waals surface area (Å²) in [6.45, 7) is 0.180. The summed E-state index contributed by atoms with van der Waals surface area (Å²) in [5, 5.41) is 7.89. The Labute approximate surface area is 125 Å². The van der Waals surface area contributed by atoms with E-state index in [4.69, 9.17) is 9.83 Å². The van der Waals surface area contributed by atoms with Gasteiger partial charge in [-0.3, -0.25) is 14.8 Å². The molecule has 1 aliphatic carbocycles. The highest BCUT2D eigenvalue weighted by molar-refractivity contribution is 9.10. The first-order valence-electron chi connectivity index (χ1n) is 6.70. The van der Waals surface area contributed by atoms with Gasteiger partial charge >= 0.3 is 0 Å². The van der Waals surface area contributed by atoms with Crippen LogP contribution in [0.15, 0.2) is 33.2 Å². The average Bonchev–Trinajstić information content (AvgIpc) is 2.76. The number of ketones is 1. The number of carbonyl (C=O) groups excluding carboxylic acids is 1. The molecular weight excluding hydrogens is 320 g/mol. The topological polar surface area (TPSA) is 59.0 Å². The zero-order valence-corrected chi connectivity index (χ0v) is 12.6. The molecule has 104 valence electrons. The van der Waals surface area contributed by atoms with Gasteiger partial charge in [0.05, 0.1) is 12.2 Å². The Morgan fingerprint density at radius 3 is 2.70 bits per heavy atom. The van der Waals surface area contributed by atoms with E-state index in [-0.39, 0.29) is 18.0 Å². The van der Waals surface area contributed by atoms with Gasteiger partial charge in [0.1, 0.15) is 5.76 Å². The molecule has 5 heteroatoms. The first-order valence-corrected chi connectivity index (χ1v) is 7.49. The van der Waals surface area contributed by atoms with E-state index in [0.717, 1.165) is 41.6 Å². The fourth-order valence-electron chi connectivity index (χ4n) is 2.59. The monoisotopic (exact) mass is 334 g/mol. The molecule has 1 N–H and O–H groups in total. The van der Waals surface area contributed by atoms with Gasteiger partial charge in [-0.15, -0.1) is 0 Å². The number of halogens is 1.